The van der Waals surface area contributed by atoms with Crippen molar-refractivity contribution in [1.29, 1.82) is 0 Å². The van der Waals surface area contributed by atoms with Crippen molar-refractivity contribution in [3.8, 4) is 0 Å². The predicted octanol–water partition coefficient (Wildman–Crippen LogP) is 1.96. The normalized spacial score (nSPS) is 10.2. The van der Waals surface area contributed by atoms with Crippen LogP contribution in [-0.4, -0.2) is 15.7 Å². The molecular formula is C12H12BrN3O. The third-order valence-corrected chi connectivity index (χ3v) is 2.80. The van der Waals surface area contributed by atoms with Gasteiger partial charge >= 0.3 is 0 Å². The van der Waals surface area contributed by atoms with E-state index < -0.39 is 0 Å². The SMILES string of the molecule is O=C(Cn1cccn1)NCc1ccc(Br)cc1. The van der Waals surface area contributed by atoms with Gasteiger partial charge in [-0.25, -0.2) is 0 Å². The smallest absolute Gasteiger partial charge is 0.241 e. The summed E-state index contributed by atoms with van der Waals surface area (Å²) in [6.45, 7) is 0.789. The van der Waals surface area contributed by atoms with E-state index in [0.717, 1.165) is 10.0 Å². The Balaban J connectivity index is 1.82. The van der Waals surface area contributed by atoms with Crippen molar-refractivity contribution in [3.05, 3.63) is 52.8 Å². The van der Waals surface area contributed by atoms with Gasteiger partial charge in [0.2, 0.25) is 5.91 Å². The van der Waals surface area contributed by atoms with Gasteiger partial charge in [-0.2, -0.15) is 5.10 Å². The van der Waals surface area contributed by atoms with E-state index in [1.54, 1.807) is 23.1 Å². The maximum Gasteiger partial charge on any atom is 0.241 e. The van der Waals surface area contributed by atoms with Crippen LogP contribution in [0.4, 0.5) is 0 Å². The zero-order valence-electron chi connectivity index (χ0n) is 9.14. The van der Waals surface area contributed by atoms with Gasteiger partial charge in [-0.05, 0) is 23.8 Å². The second-order valence-electron chi connectivity index (χ2n) is 3.61. The largest absolute Gasteiger partial charge is 0.350 e. The number of carbonyl (C=O) groups excluding carboxylic acids is 1. The van der Waals surface area contributed by atoms with Gasteiger partial charge in [-0.15, -0.1) is 0 Å². The Bertz CT molecular complexity index is 479. The van der Waals surface area contributed by atoms with Crippen LogP contribution in [0.1, 0.15) is 5.56 Å². The number of benzene rings is 1. The summed E-state index contributed by atoms with van der Waals surface area (Å²) in [6, 6.07) is 9.64. The van der Waals surface area contributed by atoms with Gasteiger partial charge in [-0.1, -0.05) is 28.1 Å². The highest BCUT2D eigenvalue weighted by Crippen LogP contribution is 2.10. The van der Waals surface area contributed by atoms with E-state index >= 15 is 0 Å². The third kappa shape index (κ3) is 3.71. The highest BCUT2D eigenvalue weighted by molar-refractivity contribution is 9.10. The van der Waals surface area contributed by atoms with Crippen molar-refractivity contribution in [2.75, 3.05) is 0 Å². The zero-order valence-corrected chi connectivity index (χ0v) is 10.7. The lowest BCUT2D eigenvalue weighted by molar-refractivity contribution is -0.122. The van der Waals surface area contributed by atoms with Crippen LogP contribution < -0.4 is 5.32 Å². The maximum atomic E-state index is 11.6. The second-order valence-corrected chi connectivity index (χ2v) is 4.52. The lowest BCUT2D eigenvalue weighted by Gasteiger charge is -2.05. The Kier molecular flexibility index (Phi) is 3.93. The number of hydrogen-bond acceptors (Lipinski definition) is 2. The number of aromatic nitrogens is 2. The first-order valence-electron chi connectivity index (χ1n) is 5.22. The molecule has 4 nitrogen and oxygen atoms in total. The van der Waals surface area contributed by atoms with Gasteiger partial charge in [0.1, 0.15) is 6.54 Å². The zero-order chi connectivity index (χ0) is 12.1. The van der Waals surface area contributed by atoms with Crippen molar-refractivity contribution in [2.24, 2.45) is 0 Å². The molecule has 0 aliphatic heterocycles. The van der Waals surface area contributed by atoms with Crippen LogP contribution in [0.15, 0.2) is 47.2 Å². The molecule has 0 spiro atoms. The Hall–Kier alpha value is -1.62. The van der Waals surface area contributed by atoms with Crippen LogP contribution in [0, 0.1) is 0 Å². The van der Waals surface area contributed by atoms with Gasteiger partial charge in [0.05, 0.1) is 0 Å². The van der Waals surface area contributed by atoms with Gasteiger partial charge in [-0.3, -0.25) is 9.48 Å². The summed E-state index contributed by atoms with van der Waals surface area (Å²) < 4.78 is 2.63. The second kappa shape index (κ2) is 5.63. The quantitative estimate of drug-likeness (QED) is 0.937. The average Bonchev–Trinajstić information content (AvgIpc) is 2.81. The summed E-state index contributed by atoms with van der Waals surface area (Å²) in [4.78, 5) is 11.6. The molecule has 2 aromatic rings. The number of nitrogens with one attached hydrogen (secondary N) is 1. The molecule has 17 heavy (non-hydrogen) atoms. The fourth-order valence-corrected chi connectivity index (χ4v) is 1.66. The Morgan fingerprint density at radius 1 is 1.35 bits per heavy atom. The third-order valence-electron chi connectivity index (χ3n) is 2.27. The van der Waals surface area contributed by atoms with Crippen molar-refractivity contribution in [3.63, 3.8) is 0 Å². The molecule has 0 saturated carbocycles. The molecule has 0 bridgehead atoms. The van der Waals surface area contributed by atoms with E-state index in [-0.39, 0.29) is 12.5 Å². The molecule has 1 aromatic carbocycles. The van der Waals surface area contributed by atoms with E-state index in [2.05, 4.69) is 26.3 Å². The van der Waals surface area contributed by atoms with Crippen LogP contribution in [-0.2, 0) is 17.9 Å². The van der Waals surface area contributed by atoms with E-state index in [4.69, 9.17) is 0 Å². The summed E-state index contributed by atoms with van der Waals surface area (Å²) in [6.07, 6.45) is 3.42. The number of amides is 1. The number of hydrogen-bond donors (Lipinski definition) is 1. The summed E-state index contributed by atoms with van der Waals surface area (Å²) >= 11 is 3.37. The summed E-state index contributed by atoms with van der Waals surface area (Å²) in [5.74, 6) is -0.0448. The first-order chi connectivity index (χ1) is 8.24. The van der Waals surface area contributed by atoms with Crippen LogP contribution in [0.2, 0.25) is 0 Å². The first-order valence-corrected chi connectivity index (χ1v) is 6.02. The molecule has 1 N–H and O–H groups in total. The van der Waals surface area contributed by atoms with Gasteiger partial charge in [0.15, 0.2) is 0 Å². The van der Waals surface area contributed by atoms with Crippen LogP contribution in [0.3, 0.4) is 0 Å². The van der Waals surface area contributed by atoms with Gasteiger partial charge < -0.3 is 5.32 Å². The Labute approximate surface area is 108 Å². The van der Waals surface area contributed by atoms with E-state index in [1.165, 1.54) is 0 Å². The number of carbonyl (C=O) groups is 1. The minimum absolute atomic E-state index is 0.0448. The Morgan fingerprint density at radius 3 is 2.76 bits per heavy atom. The number of nitrogens with zero attached hydrogens (tertiary/aromatic N) is 2. The minimum Gasteiger partial charge on any atom is -0.350 e. The van der Waals surface area contributed by atoms with Crippen LogP contribution in [0.5, 0.6) is 0 Å². The number of halogens is 1. The molecular weight excluding hydrogens is 282 g/mol. The van der Waals surface area contributed by atoms with E-state index in [1.807, 2.05) is 24.3 Å². The average molecular weight is 294 g/mol. The minimum atomic E-state index is -0.0448. The van der Waals surface area contributed by atoms with Crippen molar-refractivity contribution in [2.45, 2.75) is 13.1 Å². The summed E-state index contributed by atoms with van der Waals surface area (Å²) in [7, 11) is 0. The molecule has 0 unspecified atom stereocenters. The van der Waals surface area contributed by atoms with Gasteiger partial charge in [0.25, 0.3) is 0 Å². The van der Waals surface area contributed by atoms with Crippen molar-refractivity contribution >= 4 is 21.8 Å². The fourth-order valence-electron chi connectivity index (χ4n) is 1.40. The molecule has 88 valence electrons. The standard InChI is InChI=1S/C12H12BrN3O/c13-11-4-2-10(3-5-11)8-14-12(17)9-16-7-1-6-15-16/h1-7H,8-9H2,(H,14,17). The molecule has 0 atom stereocenters. The first kappa shape index (κ1) is 11.9. The highest BCUT2D eigenvalue weighted by atomic mass is 79.9. The van der Waals surface area contributed by atoms with Crippen LogP contribution >= 0.6 is 15.9 Å². The van der Waals surface area contributed by atoms with Crippen LogP contribution in [0.25, 0.3) is 0 Å². The molecule has 1 amide bonds. The van der Waals surface area contributed by atoms with Gasteiger partial charge in [0, 0.05) is 23.4 Å². The highest BCUT2D eigenvalue weighted by Gasteiger charge is 2.02. The molecule has 1 heterocycles. The van der Waals surface area contributed by atoms with Crippen molar-refractivity contribution in [1.82, 2.24) is 15.1 Å². The molecule has 0 radical (unpaired) electrons. The molecule has 0 fully saturated rings. The molecule has 0 aliphatic carbocycles. The molecule has 1 aromatic heterocycles. The molecule has 2 rings (SSSR count). The topological polar surface area (TPSA) is 46.9 Å². The molecule has 5 heteroatoms. The predicted molar refractivity (Wildman–Crippen MR) is 68.2 cm³/mol. The molecule has 0 saturated heterocycles. The Morgan fingerprint density at radius 2 is 2.12 bits per heavy atom. The lowest BCUT2D eigenvalue weighted by atomic mass is 10.2. The number of rotatable bonds is 4. The molecule has 0 aliphatic rings. The van der Waals surface area contributed by atoms with E-state index in [0.29, 0.717) is 6.54 Å². The van der Waals surface area contributed by atoms with E-state index in [9.17, 15) is 4.79 Å². The lowest BCUT2D eigenvalue weighted by Crippen LogP contribution is -2.27. The fraction of sp³-hybridized carbons (Fsp3) is 0.167. The maximum absolute atomic E-state index is 11.6. The monoisotopic (exact) mass is 293 g/mol. The van der Waals surface area contributed by atoms with Crippen molar-refractivity contribution < 1.29 is 4.79 Å². The summed E-state index contributed by atoms with van der Waals surface area (Å²) in [5, 5.41) is 6.81. The summed E-state index contributed by atoms with van der Waals surface area (Å²) in [5.41, 5.74) is 1.07.